The molecule has 0 amide bonds. The van der Waals surface area contributed by atoms with Gasteiger partial charge >= 0.3 is 0 Å². The van der Waals surface area contributed by atoms with Crippen molar-refractivity contribution in [1.82, 2.24) is 0 Å². The number of ketones is 2. The van der Waals surface area contributed by atoms with Crippen LogP contribution in [0.15, 0.2) is 42.0 Å². The van der Waals surface area contributed by atoms with Gasteiger partial charge in [-0.1, -0.05) is 30.3 Å². The SMILES string of the molecule is CC1(C)C(=O)C2=C[C@@](C)(c3ccccc3)OO[C@]2(O)C(C)(C)C1=O. The molecule has 1 saturated carbocycles. The molecule has 1 aliphatic carbocycles. The third-order valence-corrected chi connectivity index (χ3v) is 5.26. The Kier molecular flexibility index (Phi) is 3.44. The van der Waals surface area contributed by atoms with Crippen molar-refractivity contribution in [3.05, 3.63) is 47.5 Å². The van der Waals surface area contributed by atoms with Gasteiger partial charge in [-0.15, -0.1) is 0 Å². The number of benzene rings is 1. The molecular formula is C19H22O5. The lowest BCUT2D eigenvalue weighted by atomic mass is 9.57. The molecule has 1 fully saturated rings. The third kappa shape index (κ3) is 1.98. The van der Waals surface area contributed by atoms with E-state index in [4.69, 9.17) is 9.78 Å². The largest absolute Gasteiger partial charge is 0.359 e. The van der Waals surface area contributed by atoms with Crippen LogP contribution in [0.25, 0.3) is 0 Å². The molecule has 0 unspecified atom stereocenters. The van der Waals surface area contributed by atoms with Crippen molar-refractivity contribution >= 4 is 11.6 Å². The second-order valence-corrected chi connectivity index (χ2v) is 7.75. The summed E-state index contributed by atoms with van der Waals surface area (Å²) in [6.45, 7) is 8.03. The van der Waals surface area contributed by atoms with E-state index in [-0.39, 0.29) is 11.4 Å². The maximum Gasteiger partial charge on any atom is 0.240 e. The molecule has 0 spiro atoms. The molecule has 24 heavy (non-hydrogen) atoms. The van der Waals surface area contributed by atoms with Gasteiger partial charge in [0.25, 0.3) is 0 Å². The van der Waals surface area contributed by atoms with Gasteiger partial charge in [-0.3, -0.25) is 9.59 Å². The summed E-state index contributed by atoms with van der Waals surface area (Å²) in [7, 11) is 0. The van der Waals surface area contributed by atoms with Crippen molar-refractivity contribution in [2.45, 2.75) is 46.0 Å². The standard InChI is InChI=1S/C19H22O5/c1-16(2)14(20)13-11-18(5,12-9-7-6-8-10-12)23-24-19(13,22)17(3,4)15(16)21/h6-11,22H,1-5H3/t18-,19-/m0/s1. The van der Waals surface area contributed by atoms with E-state index in [1.807, 2.05) is 30.3 Å². The van der Waals surface area contributed by atoms with Crippen LogP contribution in [-0.2, 0) is 25.0 Å². The predicted octanol–water partition coefficient (Wildman–Crippen LogP) is 2.68. The van der Waals surface area contributed by atoms with Crippen LogP contribution in [0.2, 0.25) is 0 Å². The number of hydrogen-bond acceptors (Lipinski definition) is 5. The summed E-state index contributed by atoms with van der Waals surface area (Å²) in [5.41, 5.74) is -2.76. The van der Waals surface area contributed by atoms with Crippen LogP contribution in [0.3, 0.4) is 0 Å². The summed E-state index contributed by atoms with van der Waals surface area (Å²) >= 11 is 0. The van der Waals surface area contributed by atoms with Crippen LogP contribution in [0, 0.1) is 10.8 Å². The molecule has 0 aromatic heterocycles. The first-order valence-electron chi connectivity index (χ1n) is 7.94. The van der Waals surface area contributed by atoms with Crippen molar-refractivity contribution in [2.75, 3.05) is 0 Å². The van der Waals surface area contributed by atoms with Crippen molar-refractivity contribution in [2.24, 2.45) is 10.8 Å². The molecule has 1 N–H and O–H groups in total. The molecule has 0 bridgehead atoms. The van der Waals surface area contributed by atoms with E-state index in [1.54, 1.807) is 40.7 Å². The molecule has 1 aromatic carbocycles. The zero-order valence-corrected chi connectivity index (χ0v) is 14.5. The summed E-state index contributed by atoms with van der Waals surface area (Å²) < 4.78 is 0. The Bertz CT molecular complexity index is 746. The quantitative estimate of drug-likeness (QED) is 0.633. The molecule has 1 aromatic rings. The van der Waals surface area contributed by atoms with Crippen LogP contribution in [0.1, 0.15) is 40.2 Å². The lowest BCUT2D eigenvalue weighted by molar-refractivity contribution is -0.468. The van der Waals surface area contributed by atoms with Crippen LogP contribution in [-0.4, -0.2) is 22.5 Å². The van der Waals surface area contributed by atoms with Gasteiger partial charge in [0.15, 0.2) is 11.6 Å². The molecule has 5 heteroatoms. The van der Waals surface area contributed by atoms with Crippen LogP contribution in [0.5, 0.6) is 0 Å². The maximum absolute atomic E-state index is 12.9. The molecule has 2 aliphatic rings. The number of carbonyl (C=O) groups excluding carboxylic acids is 2. The topological polar surface area (TPSA) is 72.8 Å². The average Bonchev–Trinajstić information content (AvgIpc) is 2.55. The minimum Gasteiger partial charge on any atom is -0.359 e. The highest BCUT2D eigenvalue weighted by molar-refractivity contribution is 6.19. The van der Waals surface area contributed by atoms with E-state index in [9.17, 15) is 14.7 Å². The predicted molar refractivity (Wildman–Crippen MR) is 86.6 cm³/mol. The van der Waals surface area contributed by atoms with E-state index in [0.717, 1.165) is 5.56 Å². The second kappa shape index (κ2) is 4.85. The smallest absolute Gasteiger partial charge is 0.240 e. The highest BCUT2D eigenvalue weighted by Crippen LogP contribution is 2.54. The van der Waals surface area contributed by atoms with Gasteiger partial charge in [-0.25, -0.2) is 4.89 Å². The normalized spacial score (nSPS) is 34.5. The molecule has 128 valence electrons. The molecule has 5 nitrogen and oxygen atoms in total. The Morgan fingerprint density at radius 3 is 2.08 bits per heavy atom. The molecule has 0 saturated heterocycles. The maximum atomic E-state index is 12.9. The minimum atomic E-state index is -2.11. The van der Waals surface area contributed by atoms with Gasteiger partial charge < -0.3 is 5.11 Å². The van der Waals surface area contributed by atoms with Gasteiger partial charge in [0.1, 0.15) is 5.60 Å². The molecule has 1 aliphatic heterocycles. The number of fused-ring (bicyclic) bond motifs is 1. The van der Waals surface area contributed by atoms with E-state index in [0.29, 0.717) is 0 Å². The van der Waals surface area contributed by atoms with Gasteiger partial charge in [0.05, 0.1) is 16.4 Å². The first-order valence-corrected chi connectivity index (χ1v) is 7.94. The van der Waals surface area contributed by atoms with Crippen LogP contribution < -0.4 is 0 Å². The molecule has 3 rings (SSSR count). The van der Waals surface area contributed by atoms with Gasteiger partial charge in [0.2, 0.25) is 5.79 Å². The van der Waals surface area contributed by atoms with Crippen molar-refractivity contribution in [3.8, 4) is 0 Å². The van der Waals surface area contributed by atoms with Crippen molar-refractivity contribution < 1.29 is 24.5 Å². The molecule has 1 heterocycles. The van der Waals surface area contributed by atoms with E-state index >= 15 is 0 Å². The Hall–Kier alpha value is -1.82. The fourth-order valence-electron chi connectivity index (χ4n) is 3.52. The summed E-state index contributed by atoms with van der Waals surface area (Å²) in [5, 5.41) is 11.0. The summed E-state index contributed by atoms with van der Waals surface area (Å²) in [4.78, 5) is 36.5. The fourth-order valence-corrected chi connectivity index (χ4v) is 3.52. The minimum absolute atomic E-state index is 0.0645. The first-order chi connectivity index (χ1) is 11.0. The lowest BCUT2D eigenvalue weighted by Crippen LogP contribution is -2.66. The van der Waals surface area contributed by atoms with Gasteiger partial charge in [-0.05, 0) is 46.3 Å². The summed E-state index contributed by atoms with van der Waals surface area (Å²) in [6.07, 6.45) is 1.57. The molecular weight excluding hydrogens is 308 g/mol. The Balaban J connectivity index is 2.21. The van der Waals surface area contributed by atoms with Crippen LogP contribution in [0.4, 0.5) is 0 Å². The lowest BCUT2D eigenvalue weighted by Gasteiger charge is -2.52. The number of hydrogen-bond donors (Lipinski definition) is 1. The highest BCUT2D eigenvalue weighted by atomic mass is 17.2. The van der Waals surface area contributed by atoms with Crippen molar-refractivity contribution in [1.29, 1.82) is 0 Å². The number of carbonyl (C=O) groups is 2. The summed E-state index contributed by atoms with van der Waals surface area (Å²) in [5.74, 6) is -2.93. The van der Waals surface area contributed by atoms with E-state index in [2.05, 4.69) is 0 Å². The Morgan fingerprint density at radius 2 is 1.50 bits per heavy atom. The second-order valence-electron chi connectivity index (χ2n) is 7.75. The Morgan fingerprint density at radius 1 is 0.917 bits per heavy atom. The number of rotatable bonds is 1. The third-order valence-electron chi connectivity index (χ3n) is 5.26. The number of aliphatic hydroxyl groups is 1. The van der Waals surface area contributed by atoms with Gasteiger partial charge in [-0.2, -0.15) is 4.89 Å². The van der Waals surface area contributed by atoms with E-state index in [1.165, 1.54) is 0 Å². The van der Waals surface area contributed by atoms with Gasteiger partial charge in [0, 0.05) is 0 Å². The zero-order chi connectivity index (χ0) is 18.0. The molecule has 2 atom stereocenters. The highest BCUT2D eigenvalue weighted by Gasteiger charge is 2.67. The Labute approximate surface area is 141 Å². The molecule has 0 radical (unpaired) electrons. The monoisotopic (exact) mass is 330 g/mol. The van der Waals surface area contributed by atoms with Crippen molar-refractivity contribution in [3.63, 3.8) is 0 Å². The summed E-state index contributed by atoms with van der Waals surface area (Å²) in [6, 6.07) is 9.27. The number of Topliss-reactive ketones (excluding diaryl/α,β-unsaturated/α-hetero) is 2. The first kappa shape index (κ1) is 17.0. The van der Waals surface area contributed by atoms with Crippen LogP contribution >= 0.6 is 0 Å². The average molecular weight is 330 g/mol. The van der Waals surface area contributed by atoms with E-state index < -0.39 is 28.0 Å². The zero-order valence-electron chi connectivity index (χ0n) is 14.5. The fraction of sp³-hybridized carbons (Fsp3) is 0.474.